The zero-order valence-corrected chi connectivity index (χ0v) is 12.7. The molecule has 0 unspecified atom stereocenters. The summed E-state index contributed by atoms with van der Waals surface area (Å²) in [4.78, 5) is 24.9. The van der Waals surface area contributed by atoms with E-state index in [0.29, 0.717) is 5.56 Å². The fraction of sp³-hybridized carbons (Fsp3) is 0.222. The first-order chi connectivity index (χ1) is 11.4. The maximum absolute atomic E-state index is 13.3. The van der Waals surface area contributed by atoms with Gasteiger partial charge in [0.1, 0.15) is 0 Å². The van der Waals surface area contributed by atoms with Crippen molar-refractivity contribution in [1.29, 1.82) is 0 Å². The SMILES string of the molecule is O=C(O)c1cc(C(=O)N2CCC(F)(F)C2)cc(-c2ccccc2)c1. The number of carbonyl (C=O) groups is 2. The van der Waals surface area contributed by atoms with Gasteiger partial charge in [-0.3, -0.25) is 4.79 Å². The van der Waals surface area contributed by atoms with Gasteiger partial charge in [-0.2, -0.15) is 0 Å². The van der Waals surface area contributed by atoms with Crippen LogP contribution in [0.5, 0.6) is 0 Å². The summed E-state index contributed by atoms with van der Waals surface area (Å²) in [6.45, 7) is -0.673. The highest BCUT2D eigenvalue weighted by atomic mass is 19.3. The summed E-state index contributed by atoms with van der Waals surface area (Å²) < 4.78 is 26.7. The molecule has 0 aromatic heterocycles. The monoisotopic (exact) mass is 331 g/mol. The van der Waals surface area contributed by atoms with E-state index < -0.39 is 24.3 Å². The van der Waals surface area contributed by atoms with Crippen LogP contribution in [0.4, 0.5) is 8.78 Å². The van der Waals surface area contributed by atoms with Crippen LogP contribution >= 0.6 is 0 Å². The van der Waals surface area contributed by atoms with Crippen molar-refractivity contribution in [2.45, 2.75) is 12.3 Å². The number of hydrogen-bond donors (Lipinski definition) is 1. The number of nitrogens with zero attached hydrogens (tertiary/aromatic N) is 1. The Morgan fingerprint density at radius 3 is 2.25 bits per heavy atom. The van der Waals surface area contributed by atoms with Gasteiger partial charge < -0.3 is 10.0 Å². The number of amides is 1. The van der Waals surface area contributed by atoms with Crippen LogP contribution in [0.15, 0.2) is 48.5 Å². The van der Waals surface area contributed by atoms with Crippen molar-refractivity contribution in [2.24, 2.45) is 0 Å². The molecule has 1 saturated heterocycles. The average Bonchev–Trinajstić information content (AvgIpc) is 2.94. The molecule has 0 spiro atoms. The molecule has 1 amide bonds. The molecule has 2 aromatic rings. The second kappa shape index (κ2) is 6.03. The Kier molecular flexibility index (Phi) is 4.05. The van der Waals surface area contributed by atoms with Crippen molar-refractivity contribution in [1.82, 2.24) is 4.90 Å². The van der Waals surface area contributed by atoms with Gasteiger partial charge in [0.15, 0.2) is 0 Å². The number of carboxylic acids is 1. The van der Waals surface area contributed by atoms with Crippen LogP contribution in [-0.2, 0) is 0 Å². The molecule has 1 fully saturated rings. The normalized spacial score (nSPS) is 16.2. The molecule has 124 valence electrons. The van der Waals surface area contributed by atoms with Crippen LogP contribution in [0.2, 0.25) is 0 Å². The van der Waals surface area contributed by atoms with Crippen LogP contribution in [0.25, 0.3) is 11.1 Å². The minimum Gasteiger partial charge on any atom is -0.478 e. The van der Waals surface area contributed by atoms with Crippen LogP contribution < -0.4 is 0 Å². The Balaban J connectivity index is 2.00. The molecule has 1 aliphatic rings. The summed E-state index contributed by atoms with van der Waals surface area (Å²) in [6.07, 6.45) is -0.372. The number of alkyl halides is 2. The molecule has 24 heavy (non-hydrogen) atoms. The number of carbonyl (C=O) groups excluding carboxylic acids is 1. The van der Waals surface area contributed by atoms with E-state index in [1.807, 2.05) is 6.07 Å². The van der Waals surface area contributed by atoms with Crippen LogP contribution in [0.1, 0.15) is 27.1 Å². The van der Waals surface area contributed by atoms with Gasteiger partial charge in [-0.15, -0.1) is 0 Å². The van der Waals surface area contributed by atoms with E-state index in [1.165, 1.54) is 12.1 Å². The highest BCUT2D eigenvalue weighted by Crippen LogP contribution is 2.29. The number of halogens is 2. The molecule has 3 rings (SSSR count). The Labute approximate surface area is 137 Å². The number of aromatic carboxylic acids is 1. The summed E-state index contributed by atoms with van der Waals surface area (Å²) in [7, 11) is 0. The van der Waals surface area contributed by atoms with E-state index in [0.717, 1.165) is 10.5 Å². The number of hydrogen-bond acceptors (Lipinski definition) is 2. The first kappa shape index (κ1) is 16.1. The summed E-state index contributed by atoms with van der Waals surface area (Å²) in [5.74, 6) is -4.64. The van der Waals surface area contributed by atoms with Crippen molar-refractivity contribution in [3.05, 3.63) is 59.7 Å². The van der Waals surface area contributed by atoms with Gasteiger partial charge in [0.05, 0.1) is 12.1 Å². The van der Waals surface area contributed by atoms with Crippen molar-refractivity contribution >= 4 is 11.9 Å². The Morgan fingerprint density at radius 2 is 1.67 bits per heavy atom. The van der Waals surface area contributed by atoms with Crippen molar-refractivity contribution in [3.8, 4) is 11.1 Å². The van der Waals surface area contributed by atoms with E-state index >= 15 is 0 Å². The third-order valence-corrected chi connectivity index (χ3v) is 3.99. The Morgan fingerprint density at radius 1 is 1.00 bits per heavy atom. The second-order valence-electron chi connectivity index (χ2n) is 5.80. The van der Waals surface area contributed by atoms with E-state index in [-0.39, 0.29) is 24.1 Å². The number of likely N-dealkylation sites (tertiary alicyclic amines) is 1. The van der Waals surface area contributed by atoms with Gasteiger partial charge in [-0.05, 0) is 29.3 Å². The van der Waals surface area contributed by atoms with E-state index in [9.17, 15) is 23.5 Å². The zero-order valence-electron chi connectivity index (χ0n) is 12.7. The molecule has 1 aliphatic heterocycles. The maximum Gasteiger partial charge on any atom is 0.335 e. The fourth-order valence-corrected chi connectivity index (χ4v) is 2.76. The van der Waals surface area contributed by atoms with Gasteiger partial charge in [-0.25, -0.2) is 13.6 Å². The highest BCUT2D eigenvalue weighted by molar-refractivity contribution is 5.99. The minimum atomic E-state index is -2.89. The fourth-order valence-electron chi connectivity index (χ4n) is 2.76. The molecule has 0 bridgehead atoms. The second-order valence-corrected chi connectivity index (χ2v) is 5.80. The third-order valence-electron chi connectivity index (χ3n) is 3.99. The van der Waals surface area contributed by atoms with Gasteiger partial charge in [-0.1, -0.05) is 30.3 Å². The molecule has 2 aromatic carbocycles. The van der Waals surface area contributed by atoms with Crippen molar-refractivity contribution in [3.63, 3.8) is 0 Å². The van der Waals surface area contributed by atoms with Crippen LogP contribution in [-0.4, -0.2) is 40.9 Å². The summed E-state index contributed by atoms with van der Waals surface area (Å²) in [5.41, 5.74) is 1.36. The molecule has 0 radical (unpaired) electrons. The van der Waals surface area contributed by atoms with Gasteiger partial charge in [0.25, 0.3) is 11.8 Å². The molecular formula is C18H15F2NO3. The van der Waals surface area contributed by atoms with Crippen LogP contribution in [0.3, 0.4) is 0 Å². The average molecular weight is 331 g/mol. The molecular weight excluding hydrogens is 316 g/mol. The first-order valence-electron chi connectivity index (χ1n) is 7.47. The maximum atomic E-state index is 13.3. The lowest BCUT2D eigenvalue weighted by Crippen LogP contribution is -2.31. The summed E-state index contributed by atoms with van der Waals surface area (Å²) >= 11 is 0. The standard InChI is InChI=1S/C18H15F2NO3/c19-18(20)6-7-21(11-18)16(22)14-8-13(9-15(10-14)17(23)24)12-4-2-1-3-5-12/h1-5,8-10H,6-7,11H2,(H,23,24). The lowest BCUT2D eigenvalue weighted by atomic mass is 9.99. The lowest BCUT2D eigenvalue weighted by molar-refractivity contribution is 0.0120. The minimum absolute atomic E-state index is 0.0379. The number of rotatable bonds is 3. The van der Waals surface area contributed by atoms with Crippen molar-refractivity contribution < 1.29 is 23.5 Å². The number of benzene rings is 2. The van der Waals surface area contributed by atoms with E-state index in [4.69, 9.17) is 0 Å². The van der Waals surface area contributed by atoms with Gasteiger partial charge in [0.2, 0.25) is 0 Å². The smallest absolute Gasteiger partial charge is 0.335 e. The predicted octanol–water partition coefficient (Wildman–Crippen LogP) is 3.53. The Bertz CT molecular complexity index is 790. The van der Waals surface area contributed by atoms with E-state index in [2.05, 4.69) is 0 Å². The predicted molar refractivity (Wildman–Crippen MR) is 84.3 cm³/mol. The summed E-state index contributed by atoms with van der Waals surface area (Å²) in [6, 6.07) is 13.2. The van der Waals surface area contributed by atoms with Crippen molar-refractivity contribution in [2.75, 3.05) is 13.1 Å². The molecule has 0 atom stereocenters. The lowest BCUT2D eigenvalue weighted by Gasteiger charge is -2.17. The Hall–Kier alpha value is -2.76. The molecule has 4 nitrogen and oxygen atoms in total. The number of carboxylic acid groups (broad SMARTS) is 1. The molecule has 6 heteroatoms. The molecule has 0 saturated carbocycles. The molecule has 1 heterocycles. The topological polar surface area (TPSA) is 57.6 Å². The largest absolute Gasteiger partial charge is 0.478 e. The van der Waals surface area contributed by atoms with E-state index in [1.54, 1.807) is 30.3 Å². The third kappa shape index (κ3) is 3.27. The molecule has 0 aliphatic carbocycles. The first-order valence-corrected chi connectivity index (χ1v) is 7.47. The molecule has 1 N–H and O–H groups in total. The summed E-state index contributed by atoms with van der Waals surface area (Å²) in [5, 5.41) is 9.27. The van der Waals surface area contributed by atoms with Gasteiger partial charge >= 0.3 is 5.97 Å². The highest BCUT2D eigenvalue weighted by Gasteiger charge is 2.40. The van der Waals surface area contributed by atoms with Gasteiger partial charge in [0, 0.05) is 18.5 Å². The zero-order chi connectivity index (χ0) is 17.3. The quantitative estimate of drug-likeness (QED) is 0.936. The van der Waals surface area contributed by atoms with Crippen LogP contribution in [0, 0.1) is 0 Å².